The number of aliphatic imine (C=N–C) groups is 1. The fourth-order valence-electron chi connectivity index (χ4n) is 3.00. The third kappa shape index (κ3) is 4.75. The molecule has 0 aliphatic carbocycles. The summed E-state index contributed by atoms with van der Waals surface area (Å²) in [6.07, 6.45) is 1.52. The van der Waals surface area contributed by atoms with E-state index in [0.717, 1.165) is 5.56 Å². The number of ether oxygens (including phenoxy) is 3. The van der Waals surface area contributed by atoms with Gasteiger partial charge in [0.15, 0.2) is 17.2 Å². The lowest BCUT2D eigenvalue weighted by Gasteiger charge is -2.13. The topological polar surface area (TPSA) is 57.1 Å². The Morgan fingerprint density at radius 1 is 1.10 bits per heavy atom. The zero-order chi connectivity index (χ0) is 21.8. The Balaban J connectivity index is 1.60. The number of rotatable bonds is 6. The molecule has 0 aromatic heterocycles. The van der Waals surface area contributed by atoms with Crippen molar-refractivity contribution in [2.24, 2.45) is 4.99 Å². The molecule has 0 radical (unpaired) electrons. The molecular formula is C24H17ClFNO4. The quantitative estimate of drug-likeness (QED) is 0.382. The molecule has 4 rings (SSSR count). The number of esters is 1. The average Bonchev–Trinajstić information content (AvgIpc) is 3.13. The molecule has 0 bridgehead atoms. The van der Waals surface area contributed by atoms with Gasteiger partial charge in [0, 0.05) is 5.56 Å². The summed E-state index contributed by atoms with van der Waals surface area (Å²) in [4.78, 5) is 16.4. The van der Waals surface area contributed by atoms with Crippen molar-refractivity contribution in [2.45, 2.75) is 6.61 Å². The second-order valence-corrected chi connectivity index (χ2v) is 7.06. The third-order valence-corrected chi connectivity index (χ3v) is 4.75. The Morgan fingerprint density at radius 2 is 1.90 bits per heavy atom. The second-order valence-electron chi connectivity index (χ2n) is 6.65. The first-order chi connectivity index (χ1) is 15.0. The molecule has 0 N–H and O–H groups in total. The number of methoxy groups -OCH3 is 1. The molecule has 1 heterocycles. The van der Waals surface area contributed by atoms with E-state index < -0.39 is 11.8 Å². The minimum atomic E-state index is -0.640. The molecule has 0 spiro atoms. The van der Waals surface area contributed by atoms with Crippen molar-refractivity contribution in [3.8, 4) is 11.5 Å². The van der Waals surface area contributed by atoms with E-state index in [1.54, 1.807) is 18.2 Å². The van der Waals surface area contributed by atoms with Gasteiger partial charge in [-0.1, -0.05) is 48.0 Å². The molecule has 7 heteroatoms. The zero-order valence-corrected chi connectivity index (χ0v) is 17.2. The number of nitrogens with zero attached hydrogens (tertiary/aromatic N) is 1. The van der Waals surface area contributed by atoms with Gasteiger partial charge >= 0.3 is 5.97 Å². The van der Waals surface area contributed by atoms with Gasteiger partial charge in [-0.2, -0.15) is 0 Å². The van der Waals surface area contributed by atoms with E-state index in [1.807, 2.05) is 30.3 Å². The van der Waals surface area contributed by atoms with Gasteiger partial charge < -0.3 is 14.2 Å². The van der Waals surface area contributed by atoms with Crippen LogP contribution >= 0.6 is 11.6 Å². The van der Waals surface area contributed by atoms with E-state index in [4.69, 9.17) is 25.8 Å². The van der Waals surface area contributed by atoms with Crippen LogP contribution in [0, 0.1) is 5.82 Å². The maximum atomic E-state index is 13.4. The molecule has 3 aromatic rings. The van der Waals surface area contributed by atoms with Gasteiger partial charge in [-0.3, -0.25) is 0 Å². The van der Waals surface area contributed by atoms with Crippen molar-refractivity contribution in [3.63, 3.8) is 0 Å². The Labute approximate surface area is 183 Å². The maximum Gasteiger partial charge on any atom is 0.363 e. The highest BCUT2D eigenvalue weighted by atomic mass is 35.5. The molecule has 1 aliphatic rings. The van der Waals surface area contributed by atoms with Crippen LogP contribution in [0.25, 0.3) is 6.08 Å². The third-order valence-electron chi connectivity index (χ3n) is 4.47. The Hall–Kier alpha value is -3.64. The highest BCUT2D eigenvalue weighted by molar-refractivity contribution is 6.32. The Kier molecular flexibility index (Phi) is 6.00. The number of halogens is 2. The van der Waals surface area contributed by atoms with Crippen molar-refractivity contribution >= 4 is 29.5 Å². The lowest BCUT2D eigenvalue weighted by atomic mass is 10.1. The normalized spacial score (nSPS) is 14.4. The number of carbonyl (C=O) groups is 1. The molecule has 0 amide bonds. The second kappa shape index (κ2) is 9.02. The standard InChI is InChI=1S/C24H17ClFNO4/c1-29-21-12-16(10-19(25)22(21)30-14-15-6-3-2-4-7-15)11-20-24(28)31-23(27-20)17-8-5-9-18(26)13-17/h2-13H,14H2,1H3/b20-11-. The highest BCUT2D eigenvalue weighted by Gasteiger charge is 2.25. The van der Waals surface area contributed by atoms with Gasteiger partial charge in [-0.25, -0.2) is 14.2 Å². The van der Waals surface area contributed by atoms with Crippen LogP contribution in [0.2, 0.25) is 5.02 Å². The predicted molar refractivity (Wildman–Crippen MR) is 116 cm³/mol. The SMILES string of the molecule is COc1cc(/C=C2\N=C(c3cccc(F)c3)OC2=O)cc(Cl)c1OCc1ccccc1. The molecule has 31 heavy (non-hydrogen) atoms. The van der Waals surface area contributed by atoms with Gasteiger partial charge in [0.1, 0.15) is 12.4 Å². The summed E-state index contributed by atoms with van der Waals surface area (Å²) in [5.41, 5.74) is 2.00. The number of hydrogen-bond donors (Lipinski definition) is 0. The number of cyclic esters (lactones) is 1. The smallest absolute Gasteiger partial charge is 0.363 e. The summed E-state index contributed by atoms with van der Waals surface area (Å²) >= 11 is 6.42. The van der Waals surface area contributed by atoms with Crippen molar-refractivity contribution in [1.29, 1.82) is 0 Å². The largest absolute Gasteiger partial charge is 0.493 e. The predicted octanol–water partition coefficient (Wildman–Crippen LogP) is 5.41. The minimum Gasteiger partial charge on any atom is -0.493 e. The van der Waals surface area contributed by atoms with Crippen molar-refractivity contribution in [1.82, 2.24) is 0 Å². The first kappa shape index (κ1) is 20.6. The molecule has 156 valence electrons. The number of benzene rings is 3. The molecule has 0 saturated heterocycles. The fraction of sp³-hybridized carbons (Fsp3) is 0.0833. The lowest BCUT2D eigenvalue weighted by Crippen LogP contribution is -2.05. The first-order valence-electron chi connectivity index (χ1n) is 9.36. The maximum absolute atomic E-state index is 13.4. The van der Waals surface area contributed by atoms with Crippen LogP contribution in [0.5, 0.6) is 11.5 Å². The monoisotopic (exact) mass is 437 g/mol. The Morgan fingerprint density at radius 3 is 2.65 bits per heavy atom. The van der Waals surface area contributed by atoms with Crippen LogP contribution in [0.15, 0.2) is 77.4 Å². The summed E-state index contributed by atoms with van der Waals surface area (Å²) < 4.78 is 29.9. The molecule has 0 atom stereocenters. The van der Waals surface area contributed by atoms with E-state index in [1.165, 1.54) is 31.4 Å². The van der Waals surface area contributed by atoms with Gasteiger partial charge in [0.25, 0.3) is 0 Å². The minimum absolute atomic E-state index is 0.0385. The van der Waals surface area contributed by atoms with Gasteiger partial charge in [0.2, 0.25) is 5.90 Å². The summed E-state index contributed by atoms with van der Waals surface area (Å²) in [5.74, 6) is -0.240. The van der Waals surface area contributed by atoms with E-state index >= 15 is 0 Å². The van der Waals surface area contributed by atoms with Crippen molar-refractivity contribution in [2.75, 3.05) is 7.11 Å². The number of carbonyl (C=O) groups excluding carboxylic acids is 1. The van der Waals surface area contributed by atoms with E-state index in [2.05, 4.69) is 4.99 Å². The summed E-state index contributed by atoms with van der Waals surface area (Å²) in [5, 5.41) is 0.322. The van der Waals surface area contributed by atoms with Crippen LogP contribution in [0.4, 0.5) is 4.39 Å². The van der Waals surface area contributed by atoms with Crippen LogP contribution in [-0.4, -0.2) is 19.0 Å². The molecule has 1 aliphatic heterocycles. The van der Waals surface area contributed by atoms with Gasteiger partial charge in [-0.05, 0) is 47.5 Å². The molecule has 0 saturated carbocycles. The summed E-state index contributed by atoms with van der Waals surface area (Å²) in [6, 6.07) is 18.6. The zero-order valence-electron chi connectivity index (χ0n) is 16.5. The molecule has 3 aromatic carbocycles. The van der Waals surface area contributed by atoms with Crippen molar-refractivity contribution in [3.05, 3.63) is 100.0 Å². The number of hydrogen-bond acceptors (Lipinski definition) is 5. The molecule has 5 nitrogen and oxygen atoms in total. The fourth-order valence-corrected chi connectivity index (χ4v) is 3.28. The van der Waals surface area contributed by atoms with Crippen molar-refractivity contribution < 1.29 is 23.4 Å². The molecule has 0 unspecified atom stereocenters. The summed E-state index contributed by atoms with van der Waals surface area (Å²) in [7, 11) is 1.50. The van der Waals surface area contributed by atoms with Gasteiger partial charge in [0.05, 0.1) is 12.1 Å². The lowest BCUT2D eigenvalue weighted by molar-refractivity contribution is -0.129. The summed E-state index contributed by atoms with van der Waals surface area (Å²) in [6.45, 7) is 0.324. The van der Waals surface area contributed by atoms with Crippen LogP contribution in [0.3, 0.4) is 0 Å². The van der Waals surface area contributed by atoms with E-state index in [-0.39, 0.29) is 11.6 Å². The average molecular weight is 438 g/mol. The van der Waals surface area contributed by atoms with Crippen LogP contribution in [0.1, 0.15) is 16.7 Å². The van der Waals surface area contributed by atoms with E-state index in [9.17, 15) is 9.18 Å². The van der Waals surface area contributed by atoms with Crippen LogP contribution in [-0.2, 0) is 16.1 Å². The van der Waals surface area contributed by atoms with Gasteiger partial charge in [-0.15, -0.1) is 0 Å². The molecular weight excluding hydrogens is 421 g/mol. The van der Waals surface area contributed by atoms with Crippen LogP contribution < -0.4 is 9.47 Å². The highest BCUT2D eigenvalue weighted by Crippen LogP contribution is 2.38. The molecule has 0 fully saturated rings. The van der Waals surface area contributed by atoms with E-state index in [0.29, 0.717) is 34.3 Å². The Bertz CT molecular complexity index is 1190. The first-order valence-corrected chi connectivity index (χ1v) is 9.74.